The Kier molecular flexibility index (Phi) is 3.92. The van der Waals surface area contributed by atoms with Crippen molar-refractivity contribution in [2.24, 2.45) is 0 Å². The van der Waals surface area contributed by atoms with Crippen molar-refractivity contribution in [1.82, 2.24) is 19.8 Å². The van der Waals surface area contributed by atoms with Gasteiger partial charge in [0.25, 0.3) is 0 Å². The highest BCUT2D eigenvalue weighted by Gasteiger charge is 2.13. The second kappa shape index (κ2) is 6.22. The van der Waals surface area contributed by atoms with Gasteiger partial charge in [0.15, 0.2) is 10.8 Å². The highest BCUT2D eigenvalue weighted by molar-refractivity contribution is 7.16. The van der Waals surface area contributed by atoms with E-state index in [1.54, 1.807) is 16.6 Å². The number of nitrogens with zero attached hydrogens (tertiary/aromatic N) is 4. The summed E-state index contributed by atoms with van der Waals surface area (Å²) in [5, 5.41) is 14.5. The number of fused-ring (bicyclic) bond motifs is 1. The average Bonchev–Trinajstić information content (AvgIpc) is 3.15. The van der Waals surface area contributed by atoms with Gasteiger partial charge in [-0.15, -0.1) is 10.2 Å². The zero-order valence-corrected chi connectivity index (χ0v) is 14.4. The molecule has 0 aliphatic heterocycles. The third-order valence-corrected chi connectivity index (χ3v) is 4.64. The fourth-order valence-electron chi connectivity index (χ4n) is 2.27. The smallest absolute Gasteiger partial charge is 0.235 e. The Morgan fingerprint density at radius 3 is 2.54 bits per heavy atom. The summed E-state index contributed by atoms with van der Waals surface area (Å²) < 4.78 is 7.49. The molecule has 0 aliphatic rings. The van der Waals surface area contributed by atoms with E-state index in [4.69, 9.17) is 16.3 Å². The predicted molar refractivity (Wildman–Crippen MR) is 94.6 cm³/mol. The fourth-order valence-corrected chi connectivity index (χ4v) is 3.15. The molecule has 2 aromatic heterocycles. The van der Waals surface area contributed by atoms with Crippen LogP contribution >= 0.6 is 22.9 Å². The van der Waals surface area contributed by atoms with E-state index in [-0.39, 0.29) is 0 Å². The zero-order valence-electron chi connectivity index (χ0n) is 12.8. The average molecular weight is 357 g/mol. The molecule has 0 saturated heterocycles. The first kappa shape index (κ1) is 15.1. The maximum absolute atomic E-state index is 5.87. The number of aromatic nitrogens is 4. The van der Waals surface area contributed by atoms with Crippen LogP contribution in [-0.4, -0.2) is 19.8 Å². The number of ether oxygens (including phenoxy) is 1. The van der Waals surface area contributed by atoms with Crippen molar-refractivity contribution in [1.29, 1.82) is 0 Å². The van der Waals surface area contributed by atoms with Crippen LogP contribution < -0.4 is 4.74 Å². The van der Waals surface area contributed by atoms with Crippen LogP contribution in [0.5, 0.6) is 5.75 Å². The number of hydrogen-bond donors (Lipinski definition) is 0. The lowest BCUT2D eigenvalue weighted by Crippen LogP contribution is -1.97. The Hall–Kier alpha value is -2.44. The lowest BCUT2D eigenvalue weighted by Gasteiger charge is -2.03. The summed E-state index contributed by atoms with van der Waals surface area (Å²) in [6.45, 7) is 2.43. The molecule has 0 fully saturated rings. The first-order valence-corrected chi connectivity index (χ1v) is 8.55. The van der Waals surface area contributed by atoms with E-state index in [1.807, 2.05) is 36.4 Å². The van der Waals surface area contributed by atoms with Gasteiger partial charge < -0.3 is 4.74 Å². The number of halogens is 1. The number of benzene rings is 2. The third-order valence-electron chi connectivity index (χ3n) is 3.52. The zero-order chi connectivity index (χ0) is 16.5. The molecule has 7 heteroatoms. The Balaban J connectivity index is 1.57. The second-order valence-electron chi connectivity index (χ2n) is 5.32. The number of aryl methyl sites for hydroxylation is 1. The lowest BCUT2D eigenvalue weighted by atomic mass is 10.1. The summed E-state index contributed by atoms with van der Waals surface area (Å²) in [5.41, 5.74) is 2.19. The summed E-state index contributed by atoms with van der Waals surface area (Å²) in [6.07, 6.45) is 0. The van der Waals surface area contributed by atoms with Gasteiger partial charge in [0.1, 0.15) is 12.4 Å². The SMILES string of the molecule is Cc1ccc(-c2nnc3sc(COc4ccc(Cl)cc4)nn23)cc1. The van der Waals surface area contributed by atoms with Gasteiger partial charge in [0.05, 0.1) is 0 Å². The topological polar surface area (TPSA) is 52.3 Å². The summed E-state index contributed by atoms with van der Waals surface area (Å²) >= 11 is 7.33. The summed E-state index contributed by atoms with van der Waals surface area (Å²) in [5.74, 6) is 1.49. The van der Waals surface area contributed by atoms with Gasteiger partial charge in [-0.2, -0.15) is 9.61 Å². The maximum atomic E-state index is 5.87. The molecule has 120 valence electrons. The Morgan fingerprint density at radius 1 is 1.04 bits per heavy atom. The van der Waals surface area contributed by atoms with Crippen LogP contribution in [0.4, 0.5) is 0 Å². The monoisotopic (exact) mass is 356 g/mol. The molecule has 0 atom stereocenters. The molecule has 2 heterocycles. The third kappa shape index (κ3) is 2.98. The van der Waals surface area contributed by atoms with E-state index < -0.39 is 0 Å². The highest BCUT2D eigenvalue weighted by atomic mass is 35.5. The molecular formula is C17H13ClN4OS. The van der Waals surface area contributed by atoms with E-state index in [0.29, 0.717) is 11.6 Å². The summed E-state index contributed by atoms with van der Waals surface area (Å²) in [7, 11) is 0. The summed E-state index contributed by atoms with van der Waals surface area (Å²) in [6, 6.07) is 15.4. The van der Waals surface area contributed by atoms with Gasteiger partial charge >= 0.3 is 0 Å². The molecule has 0 unspecified atom stereocenters. The van der Waals surface area contributed by atoms with E-state index in [2.05, 4.69) is 22.2 Å². The van der Waals surface area contributed by atoms with Crippen molar-refractivity contribution in [2.75, 3.05) is 0 Å². The molecule has 0 aliphatic carbocycles. The quantitative estimate of drug-likeness (QED) is 0.544. The van der Waals surface area contributed by atoms with Crippen LogP contribution in [0.25, 0.3) is 16.3 Å². The molecular weight excluding hydrogens is 344 g/mol. The maximum Gasteiger partial charge on any atom is 0.235 e. The predicted octanol–water partition coefficient (Wildman–Crippen LogP) is 4.39. The van der Waals surface area contributed by atoms with Gasteiger partial charge in [-0.05, 0) is 31.2 Å². The molecule has 4 rings (SSSR count). The molecule has 0 spiro atoms. The molecule has 24 heavy (non-hydrogen) atoms. The largest absolute Gasteiger partial charge is 0.486 e. The van der Waals surface area contributed by atoms with Gasteiger partial charge in [-0.3, -0.25) is 0 Å². The van der Waals surface area contributed by atoms with Crippen LogP contribution in [0.3, 0.4) is 0 Å². The van der Waals surface area contributed by atoms with Crippen molar-refractivity contribution in [2.45, 2.75) is 13.5 Å². The van der Waals surface area contributed by atoms with Crippen LogP contribution in [0, 0.1) is 6.92 Å². The van der Waals surface area contributed by atoms with E-state index in [0.717, 1.165) is 27.1 Å². The highest BCUT2D eigenvalue weighted by Crippen LogP contribution is 2.23. The minimum Gasteiger partial charge on any atom is -0.486 e. The van der Waals surface area contributed by atoms with Crippen LogP contribution in [0.15, 0.2) is 48.5 Å². The van der Waals surface area contributed by atoms with Gasteiger partial charge in [-0.25, -0.2) is 0 Å². The lowest BCUT2D eigenvalue weighted by molar-refractivity contribution is 0.304. The fraction of sp³-hybridized carbons (Fsp3) is 0.118. The molecule has 5 nitrogen and oxygen atoms in total. The van der Waals surface area contributed by atoms with Crippen molar-refractivity contribution < 1.29 is 4.74 Å². The number of hydrogen-bond acceptors (Lipinski definition) is 5. The van der Waals surface area contributed by atoms with E-state index in [1.165, 1.54) is 16.9 Å². The Labute approximate surface area is 147 Å². The van der Waals surface area contributed by atoms with Crippen molar-refractivity contribution in [3.05, 3.63) is 64.1 Å². The molecule has 4 aromatic rings. The first-order valence-electron chi connectivity index (χ1n) is 7.35. The van der Waals surface area contributed by atoms with Gasteiger partial charge in [0, 0.05) is 10.6 Å². The molecule has 0 saturated carbocycles. The number of rotatable bonds is 4. The van der Waals surface area contributed by atoms with Crippen molar-refractivity contribution in [3.8, 4) is 17.1 Å². The van der Waals surface area contributed by atoms with Gasteiger partial charge in [-0.1, -0.05) is 52.8 Å². The van der Waals surface area contributed by atoms with Crippen LogP contribution in [-0.2, 0) is 6.61 Å². The molecule has 2 aromatic carbocycles. The van der Waals surface area contributed by atoms with Crippen molar-refractivity contribution >= 4 is 27.9 Å². The molecule has 0 bridgehead atoms. The molecule has 0 amide bonds. The Bertz CT molecular complexity index is 976. The second-order valence-corrected chi connectivity index (χ2v) is 6.80. The minimum absolute atomic E-state index is 0.378. The van der Waals surface area contributed by atoms with Gasteiger partial charge in [0.2, 0.25) is 4.96 Å². The van der Waals surface area contributed by atoms with Crippen molar-refractivity contribution in [3.63, 3.8) is 0 Å². The Morgan fingerprint density at radius 2 is 1.79 bits per heavy atom. The van der Waals surface area contributed by atoms with E-state index >= 15 is 0 Å². The summed E-state index contributed by atoms with van der Waals surface area (Å²) in [4.78, 5) is 0.750. The van der Waals surface area contributed by atoms with Crippen LogP contribution in [0.2, 0.25) is 5.02 Å². The van der Waals surface area contributed by atoms with Crippen LogP contribution in [0.1, 0.15) is 10.6 Å². The molecule has 0 radical (unpaired) electrons. The standard InChI is InChI=1S/C17H13ClN4OS/c1-11-2-4-12(5-3-11)16-19-20-17-22(16)21-15(24-17)10-23-14-8-6-13(18)7-9-14/h2-9H,10H2,1H3. The first-order chi connectivity index (χ1) is 11.7. The minimum atomic E-state index is 0.378. The van der Waals surface area contributed by atoms with E-state index in [9.17, 15) is 0 Å². The normalized spacial score (nSPS) is 11.1. The molecule has 0 N–H and O–H groups in total.